The number of carbonyl (C=O) groups is 1. The van der Waals surface area contributed by atoms with Crippen molar-refractivity contribution in [1.82, 2.24) is 20.4 Å². The van der Waals surface area contributed by atoms with Gasteiger partial charge in [0, 0.05) is 26.1 Å². The van der Waals surface area contributed by atoms with Crippen LogP contribution in [0, 0.1) is 0 Å². The van der Waals surface area contributed by atoms with Gasteiger partial charge in [-0.1, -0.05) is 12.8 Å². The topological polar surface area (TPSA) is 88.4 Å². The Morgan fingerprint density at radius 1 is 1.50 bits per heavy atom. The maximum absolute atomic E-state index is 12.2. The third-order valence-corrected chi connectivity index (χ3v) is 4.14. The maximum atomic E-state index is 12.2. The number of aliphatic hydroxyl groups is 1. The first kappa shape index (κ1) is 16.8. The predicted molar refractivity (Wildman–Crippen MR) is 82.6 cm³/mol. The average molecular weight is 310 g/mol. The van der Waals surface area contributed by atoms with Gasteiger partial charge >= 0.3 is 6.03 Å². The van der Waals surface area contributed by atoms with Crippen LogP contribution in [0.2, 0.25) is 0 Å². The van der Waals surface area contributed by atoms with Crippen LogP contribution in [0.25, 0.3) is 0 Å². The fourth-order valence-corrected chi connectivity index (χ4v) is 2.94. The van der Waals surface area contributed by atoms with Crippen molar-refractivity contribution < 1.29 is 14.6 Å². The van der Waals surface area contributed by atoms with Crippen LogP contribution in [0.3, 0.4) is 0 Å². The monoisotopic (exact) mass is 310 g/mol. The van der Waals surface area contributed by atoms with Crippen molar-refractivity contribution in [3.05, 3.63) is 18.5 Å². The SMILES string of the molecule is COCC[C@H](CO)NC(=O)N[C@H]1CCCC[C@@H]1n1cccn1. The highest BCUT2D eigenvalue weighted by atomic mass is 16.5. The lowest BCUT2D eigenvalue weighted by Crippen LogP contribution is -2.51. The molecule has 7 heteroatoms. The molecule has 0 radical (unpaired) electrons. The van der Waals surface area contributed by atoms with Crippen LogP contribution in [0.4, 0.5) is 4.79 Å². The molecule has 1 heterocycles. The number of nitrogens with one attached hydrogen (secondary N) is 2. The Hall–Kier alpha value is -1.60. The molecule has 0 aromatic carbocycles. The lowest BCUT2D eigenvalue weighted by atomic mass is 9.90. The Morgan fingerprint density at radius 3 is 3.00 bits per heavy atom. The van der Waals surface area contributed by atoms with E-state index < -0.39 is 0 Å². The summed E-state index contributed by atoms with van der Waals surface area (Å²) in [6.45, 7) is 0.412. The van der Waals surface area contributed by atoms with E-state index in [0.29, 0.717) is 13.0 Å². The van der Waals surface area contributed by atoms with Crippen molar-refractivity contribution in [3.8, 4) is 0 Å². The van der Waals surface area contributed by atoms with E-state index in [-0.39, 0.29) is 30.8 Å². The zero-order valence-corrected chi connectivity index (χ0v) is 13.1. The van der Waals surface area contributed by atoms with Gasteiger partial charge in [0.2, 0.25) is 0 Å². The highest BCUT2D eigenvalue weighted by Crippen LogP contribution is 2.27. The Morgan fingerprint density at radius 2 is 2.32 bits per heavy atom. The molecule has 1 aliphatic rings. The van der Waals surface area contributed by atoms with Crippen LogP contribution in [-0.2, 0) is 4.74 Å². The van der Waals surface area contributed by atoms with Crippen molar-refractivity contribution in [2.24, 2.45) is 0 Å². The Bertz CT molecular complexity index is 438. The first-order valence-electron chi connectivity index (χ1n) is 7.90. The number of hydrogen-bond acceptors (Lipinski definition) is 4. The number of carbonyl (C=O) groups excluding carboxylic acids is 1. The van der Waals surface area contributed by atoms with Crippen molar-refractivity contribution in [2.45, 2.75) is 50.2 Å². The van der Waals surface area contributed by atoms with E-state index in [0.717, 1.165) is 25.7 Å². The van der Waals surface area contributed by atoms with Gasteiger partial charge in [0.05, 0.1) is 24.7 Å². The van der Waals surface area contributed by atoms with Gasteiger partial charge < -0.3 is 20.5 Å². The molecule has 0 saturated heterocycles. The van der Waals surface area contributed by atoms with E-state index in [1.165, 1.54) is 0 Å². The van der Waals surface area contributed by atoms with Gasteiger partial charge in [-0.3, -0.25) is 4.68 Å². The molecule has 0 aliphatic heterocycles. The zero-order valence-electron chi connectivity index (χ0n) is 13.1. The second-order valence-corrected chi connectivity index (χ2v) is 5.72. The van der Waals surface area contributed by atoms with Crippen molar-refractivity contribution >= 4 is 6.03 Å². The molecule has 0 unspecified atom stereocenters. The molecule has 22 heavy (non-hydrogen) atoms. The summed E-state index contributed by atoms with van der Waals surface area (Å²) in [4.78, 5) is 12.2. The van der Waals surface area contributed by atoms with Gasteiger partial charge in [-0.05, 0) is 25.3 Å². The average Bonchev–Trinajstić information content (AvgIpc) is 3.06. The molecule has 3 atom stereocenters. The Labute approximate surface area is 131 Å². The van der Waals surface area contributed by atoms with Crippen molar-refractivity contribution in [1.29, 1.82) is 0 Å². The molecule has 7 nitrogen and oxygen atoms in total. The van der Waals surface area contributed by atoms with Crippen molar-refractivity contribution in [2.75, 3.05) is 20.3 Å². The summed E-state index contributed by atoms with van der Waals surface area (Å²) < 4.78 is 6.91. The van der Waals surface area contributed by atoms with Crippen LogP contribution in [0.5, 0.6) is 0 Å². The Balaban J connectivity index is 1.88. The molecule has 1 saturated carbocycles. The largest absolute Gasteiger partial charge is 0.394 e. The minimum absolute atomic E-state index is 0.0652. The summed E-state index contributed by atoms with van der Waals surface area (Å²) in [6.07, 6.45) is 8.51. The molecular formula is C15H26N4O3. The summed E-state index contributed by atoms with van der Waals surface area (Å²) >= 11 is 0. The van der Waals surface area contributed by atoms with Crippen LogP contribution in [-0.4, -0.2) is 53.3 Å². The summed E-state index contributed by atoms with van der Waals surface area (Å²) in [6, 6.07) is 1.64. The van der Waals surface area contributed by atoms with Gasteiger partial charge in [0.25, 0.3) is 0 Å². The lowest BCUT2D eigenvalue weighted by molar-refractivity contribution is 0.157. The van der Waals surface area contributed by atoms with E-state index in [2.05, 4.69) is 15.7 Å². The molecule has 124 valence electrons. The third kappa shape index (κ3) is 4.71. The first-order chi connectivity index (χ1) is 10.7. The Kier molecular flexibility index (Phi) is 6.67. The van der Waals surface area contributed by atoms with E-state index in [9.17, 15) is 9.90 Å². The molecule has 1 aliphatic carbocycles. The fourth-order valence-electron chi connectivity index (χ4n) is 2.94. The molecule has 1 aromatic rings. The number of aliphatic hydroxyl groups excluding tert-OH is 1. The lowest BCUT2D eigenvalue weighted by Gasteiger charge is -2.32. The summed E-state index contributed by atoms with van der Waals surface area (Å²) in [7, 11) is 1.60. The standard InChI is InChI=1S/C15H26N4O3/c1-22-10-7-12(11-20)17-15(21)18-13-5-2-3-6-14(13)19-9-4-8-16-19/h4,8-9,12-14,20H,2-3,5-7,10-11H2,1H3,(H2,17,18,21)/t12-,13+,14+/m1/s1. The highest BCUT2D eigenvalue weighted by Gasteiger charge is 2.28. The number of aromatic nitrogens is 2. The smallest absolute Gasteiger partial charge is 0.315 e. The number of rotatable bonds is 7. The second kappa shape index (κ2) is 8.75. The first-order valence-corrected chi connectivity index (χ1v) is 7.90. The fraction of sp³-hybridized carbons (Fsp3) is 0.733. The number of nitrogens with zero attached hydrogens (tertiary/aromatic N) is 2. The van der Waals surface area contributed by atoms with E-state index >= 15 is 0 Å². The number of amides is 2. The van der Waals surface area contributed by atoms with Gasteiger partial charge in [-0.15, -0.1) is 0 Å². The van der Waals surface area contributed by atoms with Crippen LogP contribution < -0.4 is 10.6 Å². The van der Waals surface area contributed by atoms with E-state index in [1.54, 1.807) is 13.3 Å². The number of ether oxygens (including phenoxy) is 1. The second-order valence-electron chi connectivity index (χ2n) is 5.72. The number of urea groups is 1. The summed E-state index contributed by atoms with van der Waals surface area (Å²) in [5.74, 6) is 0. The van der Waals surface area contributed by atoms with Gasteiger partial charge in [0.1, 0.15) is 0 Å². The van der Waals surface area contributed by atoms with E-state index in [4.69, 9.17) is 4.74 Å². The molecule has 1 aromatic heterocycles. The van der Waals surface area contributed by atoms with Gasteiger partial charge in [-0.25, -0.2) is 4.79 Å². The van der Waals surface area contributed by atoms with Crippen molar-refractivity contribution in [3.63, 3.8) is 0 Å². The molecule has 2 amide bonds. The molecule has 0 bridgehead atoms. The summed E-state index contributed by atoms with van der Waals surface area (Å²) in [5.41, 5.74) is 0. The maximum Gasteiger partial charge on any atom is 0.315 e. The van der Waals surface area contributed by atoms with Gasteiger partial charge in [-0.2, -0.15) is 5.10 Å². The molecule has 1 fully saturated rings. The molecular weight excluding hydrogens is 284 g/mol. The predicted octanol–water partition coefficient (Wildman–Crippen LogP) is 1.06. The minimum atomic E-state index is -0.285. The van der Waals surface area contributed by atoms with Crippen LogP contribution in [0.15, 0.2) is 18.5 Å². The quantitative estimate of drug-likeness (QED) is 0.703. The van der Waals surface area contributed by atoms with Crippen LogP contribution >= 0.6 is 0 Å². The zero-order chi connectivity index (χ0) is 15.8. The van der Waals surface area contributed by atoms with Gasteiger partial charge in [0.15, 0.2) is 0 Å². The summed E-state index contributed by atoms with van der Waals surface area (Å²) in [5, 5.41) is 19.4. The third-order valence-electron chi connectivity index (χ3n) is 4.14. The minimum Gasteiger partial charge on any atom is -0.394 e. The van der Waals surface area contributed by atoms with Crippen LogP contribution in [0.1, 0.15) is 38.1 Å². The molecule has 2 rings (SSSR count). The normalized spacial score (nSPS) is 23.0. The van der Waals surface area contributed by atoms with E-state index in [1.807, 2.05) is 16.9 Å². The molecule has 0 spiro atoms. The number of hydrogen-bond donors (Lipinski definition) is 3. The number of methoxy groups -OCH3 is 1. The molecule has 3 N–H and O–H groups in total. The highest BCUT2D eigenvalue weighted by molar-refractivity contribution is 5.74.